The Morgan fingerprint density at radius 3 is 2.56 bits per heavy atom. The van der Waals surface area contributed by atoms with E-state index in [1.807, 2.05) is 18.7 Å². The molecule has 1 aliphatic carbocycles. The zero-order valence-electron chi connectivity index (χ0n) is 11.4. The van der Waals surface area contributed by atoms with E-state index in [1.165, 1.54) is 32.1 Å². The molecule has 3 nitrogen and oxygen atoms in total. The van der Waals surface area contributed by atoms with Gasteiger partial charge in [-0.15, -0.1) is 0 Å². The van der Waals surface area contributed by atoms with Crippen molar-refractivity contribution in [3.8, 4) is 0 Å². The van der Waals surface area contributed by atoms with Crippen molar-refractivity contribution in [3.05, 3.63) is 17.1 Å². The maximum Gasteiger partial charge on any atom is 0.140 e. The number of thioether (sulfide) groups is 1. The highest BCUT2D eigenvalue weighted by molar-refractivity contribution is 7.99. The van der Waals surface area contributed by atoms with Gasteiger partial charge >= 0.3 is 0 Å². The van der Waals surface area contributed by atoms with E-state index in [0.29, 0.717) is 5.82 Å². The van der Waals surface area contributed by atoms with Gasteiger partial charge in [-0.3, -0.25) is 0 Å². The first-order valence-corrected chi connectivity index (χ1v) is 7.99. The topological polar surface area (TPSA) is 51.8 Å². The Bertz CT molecular complexity index is 377. The van der Waals surface area contributed by atoms with E-state index in [9.17, 15) is 0 Å². The minimum Gasteiger partial charge on any atom is -0.383 e. The second-order valence-corrected chi connectivity index (χ2v) is 6.30. The van der Waals surface area contributed by atoms with Crippen molar-refractivity contribution in [2.24, 2.45) is 0 Å². The lowest BCUT2D eigenvalue weighted by Gasteiger charge is -2.20. The van der Waals surface area contributed by atoms with Gasteiger partial charge in [-0.25, -0.2) is 9.97 Å². The molecule has 1 aromatic heterocycles. The zero-order chi connectivity index (χ0) is 13.0. The van der Waals surface area contributed by atoms with Gasteiger partial charge in [-0.1, -0.05) is 26.2 Å². The van der Waals surface area contributed by atoms with Gasteiger partial charge in [0.15, 0.2) is 0 Å². The summed E-state index contributed by atoms with van der Waals surface area (Å²) in [4.78, 5) is 9.01. The number of anilines is 1. The largest absolute Gasteiger partial charge is 0.383 e. The van der Waals surface area contributed by atoms with Crippen LogP contribution in [-0.4, -0.2) is 15.2 Å². The molecule has 0 unspecified atom stereocenters. The van der Waals surface area contributed by atoms with Crippen LogP contribution in [-0.2, 0) is 12.2 Å². The number of nitrogen functional groups attached to an aromatic ring is 1. The van der Waals surface area contributed by atoms with Gasteiger partial charge in [-0.05, 0) is 26.2 Å². The van der Waals surface area contributed by atoms with Crippen LogP contribution in [0, 0.1) is 6.92 Å². The number of hydrogen-bond donors (Lipinski definition) is 1. The van der Waals surface area contributed by atoms with E-state index < -0.39 is 0 Å². The molecule has 1 aromatic rings. The maximum absolute atomic E-state index is 5.98. The average Bonchev–Trinajstić information content (AvgIpc) is 2.37. The van der Waals surface area contributed by atoms with Crippen molar-refractivity contribution >= 4 is 17.6 Å². The number of hydrogen-bond acceptors (Lipinski definition) is 4. The lowest BCUT2D eigenvalue weighted by molar-refractivity contribution is 0.516. The fourth-order valence-electron chi connectivity index (χ4n) is 2.60. The standard InChI is InChI=1S/C14H23N3S/c1-3-12-10(2)16-13(17-14(12)15)9-18-11-7-5-4-6-8-11/h11H,3-9H2,1-2H3,(H2,15,16,17). The summed E-state index contributed by atoms with van der Waals surface area (Å²) in [5, 5.41) is 0.801. The number of aryl methyl sites for hydroxylation is 1. The molecule has 1 fully saturated rings. The van der Waals surface area contributed by atoms with Crippen LogP contribution in [0.25, 0.3) is 0 Å². The Morgan fingerprint density at radius 2 is 1.94 bits per heavy atom. The normalized spacial score (nSPS) is 17.0. The van der Waals surface area contributed by atoms with Crippen molar-refractivity contribution in [2.45, 2.75) is 63.4 Å². The van der Waals surface area contributed by atoms with Gasteiger partial charge < -0.3 is 5.73 Å². The first-order chi connectivity index (χ1) is 8.70. The number of aromatic nitrogens is 2. The first kappa shape index (κ1) is 13.7. The van der Waals surface area contributed by atoms with Crippen LogP contribution in [0.1, 0.15) is 56.1 Å². The molecule has 0 radical (unpaired) electrons. The molecular formula is C14H23N3S. The van der Waals surface area contributed by atoms with Crippen molar-refractivity contribution in [2.75, 3.05) is 5.73 Å². The second-order valence-electron chi connectivity index (χ2n) is 5.01. The summed E-state index contributed by atoms with van der Waals surface area (Å²) in [7, 11) is 0. The summed E-state index contributed by atoms with van der Waals surface area (Å²) in [5.41, 5.74) is 8.13. The predicted octanol–water partition coefficient (Wildman–Crippen LogP) is 3.50. The third kappa shape index (κ3) is 3.37. The Morgan fingerprint density at radius 1 is 1.22 bits per heavy atom. The lowest BCUT2D eigenvalue weighted by Crippen LogP contribution is -2.10. The van der Waals surface area contributed by atoms with E-state index in [4.69, 9.17) is 5.73 Å². The Hall–Kier alpha value is -0.770. The smallest absolute Gasteiger partial charge is 0.140 e. The molecule has 1 aliphatic rings. The molecule has 0 spiro atoms. The predicted molar refractivity (Wildman–Crippen MR) is 78.7 cm³/mol. The highest BCUT2D eigenvalue weighted by atomic mass is 32.2. The van der Waals surface area contributed by atoms with Crippen LogP contribution in [0.3, 0.4) is 0 Å². The van der Waals surface area contributed by atoms with E-state index in [2.05, 4.69) is 16.9 Å². The molecular weight excluding hydrogens is 242 g/mol. The third-order valence-corrected chi connectivity index (χ3v) is 5.01. The molecule has 0 aromatic carbocycles. The van der Waals surface area contributed by atoms with E-state index >= 15 is 0 Å². The number of nitrogens with zero attached hydrogens (tertiary/aromatic N) is 2. The summed E-state index contributed by atoms with van der Waals surface area (Å²) >= 11 is 2.00. The van der Waals surface area contributed by atoms with Crippen LogP contribution >= 0.6 is 11.8 Å². The molecule has 100 valence electrons. The van der Waals surface area contributed by atoms with E-state index in [0.717, 1.165) is 34.5 Å². The van der Waals surface area contributed by atoms with Crippen molar-refractivity contribution < 1.29 is 0 Å². The Labute approximate surface area is 114 Å². The van der Waals surface area contributed by atoms with Gasteiger partial charge in [0.05, 0.1) is 5.75 Å². The molecule has 2 rings (SSSR count). The summed E-state index contributed by atoms with van der Waals surface area (Å²) in [6.07, 6.45) is 7.79. The van der Waals surface area contributed by atoms with Gasteiger partial charge in [0.25, 0.3) is 0 Å². The van der Waals surface area contributed by atoms with E-state index in [-0.39, 0.29) is 0 Å². The molecule has 4 heteroatoms. The van der Waals surface area contributed by atoms with Gasteiger partial charge in [-0.2, -0.15) is 11.8 Å². The number of rotatable bonds is 4. The maximum atomic E-state index is 5.98. The highest BCUT2D eigenvalue weighted by Gasteiger charge is 2.15. The molecule has 0 atom stereocenters. The summed E-state index contributed by atoms with van der Waals surface area (Å²) in [6.45, 7) is 4.13. The van der Waals surface area contributed by atoms with Crippen LogP contribution in [0.2, 0.25) is 0 Å². The fourth-order valence-corrected chi connectivity index (χ4v) is 3.78. The van der Waals surface area contributed by atoms with Crippen molar-refractivity contribution in [3.63, 3.8) is 0 Å². The summed E-state index contributed by atoms with van der Waals surface area (Å²) in [5.74, 6) is 2.47. The Kier molecular flexibility index (Phi) is 4.87. The quantitative estimate of drug-likeness (QED) is 0.905. The monoisotopic (exact) mass is 265 g/mol. The molecule has 2 N–H and O–H groups in total. The minimum atomic E-state index is 0.671. The summed E-state index contributed by atoms with van der Waals surface area (Å²) in [6, 6.07) is 0. The SMILES string of the molecule is CCc1c(C)nc(CSC2CCCCC2)nc1N. The van der Waals surface area contributed by atoms with E-state index in [1.54, 1.807) is 0 Å². The van der Waals surface area contributed by atoms with Crippen molar-refractivity contribution in [1.29, 1.82) is 0 Å². The van der Waals surface area contributed by atoms with Gasteiger partial charge in [0, 0.05) is 16.5 Å². The fraction of sp³-hybridized carbons (Fsp3) is 0.714. The van der Waals surface area contributed by atoms with Gasteiger partial charge in [0.2, 0.25) is 0 Å². The zero-order valence-corrected chi connectivity index (χ0v) is 12.2. The van der Waals surface area contributed by atoms with Crippen LogP contribution < -0.4 is 5.73 Å². The first-order valence-electron chi connectivity index (χ1n) is 6.94. The molecule has 0 bridgehead atoms. The average molecular weight is 265 g/mol. The molecule has 1 heterocycles. The second kappa shape index (κ2) is 6.41. The van der Waals surface area contributed by atoms with Gasteiger partial charge in [0.1, 0.15) is 11.6 Å². The van der Waals surface area contributed by atoms with Crippen molar-refractivity contribution in [1.82, 2.24) is 9.97 Å². The van der Waals surface area contributed by atoms with Crippen LogP contribution in [0.15, 0.2) is 0 Å². The Balaban J connectivity index is 1.96. The molecule has 0 amide bonds. The molecule has 18 heavy (non-hydrogen) atoms. The lowest BCUT2D eigenvalue weighted by atomic mass is 10.0. The van der Waals surface area contributed by atoms with Crippen LogP contribution in [0.5, 0.6) is 0 Å². The molecule has 0 aliphatic heterocycles. The third-order valence-electron chi connectivity index (χ3n) is 3.65. The molecule has 0 saturated heterocycles. The highest BCUT2D eigenvalue weighted by Crippen LogP contribution is 2.30. The molecule has 1 saturated carbocycles. The van der Waals surface area contributed by atoms with Crippen LogP contribution in [0.4, 0.5) is 5.82 Å². The number of nitrogens with two attached hydrogens (primary N) is 1. The minimum absolute atomic E-state index is 0.671. The summed E-state index contributed by atoms with van der Waals surface area (Å²) < 4.78 is 0.